The first-order valence-corrected chi connectivity index (χ1v) is 9.01. The lowest BCUT2D eigenvalue weighted by Crippen LogP contribution is -2.55. The number of aryl methyl sites for hydroxylation is 2. The molecule has 3 atom stereocenters. The van der Waals surface area contributed by atoms with Crippen LogP contribution < -0.4 is 0 Å². The van der Waals surface area contributed by atoms with Gasteiger partial charge < -0.3 is 4.42 Å². The summed E-state index contributed by atoms with van der Waals surface area (Å²) in [7, 11) is 1.88. The summed E-state index contributed by atoms with van der Waals surface area (Å²) in [4.78, 5) is 12.8. The molecule has 1 fully saturated rings. The molecule has 1 unspecified atom stereocenters. The minimum absolute atomic E-state index is 0.0644. The molecule has 2 aromatic rings. The minimum atomic E-state index is -0.590. The Morgan fingerprint density at radius 1 is 1.31 bits per heavy atom. The molecular weight excluding hydrogens is 330 g/mol. The van der Waals surface area contributed by atoms with Gasteiger partial charge in [0.15, 0.2) is 5.78 Å². The molecule has 0 N–H and O–H groups in total. The van der Waals surface area contributed by atoms with Crippen molar-refractivity contribution in [1.82, 2.24) is 20.0 Å². The average molecular weight is 353 g/mol. The van der Waals surface area contributed by atoms with Gasteiger partial charge in [0.05, 0.1) is 11.8 Å². The molecule has 2 aromatic heterocycles. The third kappa shape index (κ3) is 2.05. The van der Waals surface area contributed by atoms with Crippen LogP contribution in [0.5, 0.6) is 0 Å². The Bertz CT molecular complexity index is 948. The van der Waals surface area contributed by atoms with Crippen LogP contribution in [0.15, 0.2) is 4.42 Å². The number of carbonyl (C=O) groups is 1. The molecule has 136 valence electrons. The summed E-state index contributed by atoms with van der Waals surface area (Å²) in [6.07, 6.45) is 2.21. The highest BCUT2D eigenvalue weighted by atomic mass is 16.4. The first kappa shape index (κ1) is 17.0. The fraction of sp³-hybridized carbons (Fsp3) is 0.632. The molecule has 2 aliphatic rings. The topological polar surface area (TPSA) is 97.6 Å². The van der Waals surface area contributed by atoms with Gasteiger partial charge in [0.1, 0.15) is 11.6 Å². The van der Waals surface area contributed by atoms with Gasteiger partial charge >= 0.3 is 0 Å². The van der Waals surface area contributed by atoms with E-state index in [2.05, 4.69) is 23.2 Å². The Hall–Kier alpha value is -2.49. The summed E-state index contributed by atoms with van der Waals surface area (Å²) < 4.78 is 7.46. The third-order valence-electron chi connectivity index (χ3n) is 6.47. The van der Waals surface area contributed by atoms with Crippen molar-refractivity contribution in [2.75, 3.05) is 0 Å². The van der Waals surface area contributed by atoms with Gasteiger partial charge in [0, 0.05) is 30.4 Å². The van der Waals surface area contributed by atoms with Gasteiger partial charge in [-0.05, 0) is 25.2 Å². The normalized spacial score (nSPS) is 29.8. The van der Waals surface area contributed by atoms with E-state index in [0.717, 1.165) is 29.8 Å². The van der Waals surface area contributed by atoms with Gasteiger partial charge in [-0.25, -0.2) is 0 Å². The van der Waals surface area contributed by atoms with E-state index < -0.39 is 11.3 Å². The van der Waals surface area contributed by atoms with E-state index in [4.69, 9.17) is 9.52 Å². The van der Waals surface area contributed by atoms with Crippen molar-refractivity contribution in [2.45, 2.75) is 52.4 Å². The molecule has 2 heterocycles. The predicted molar refractivity (Wildman–Crippen MR) is 92.9 cm³/mol. The lowest BCUT2D eigenvalue weighted by molar-refractivity contribution is -0.140. The summed E-state index contributed by atoms with van der Waals surface area (Å²) in [6.45, 7) is 7.89. The van der Waals surface area contributed by atoms with Crippen molar-refractivity contribution >= 4 is 5.78 Å². The smallest absolute Gasteiger partial charge is 0.266 e. The van der Waals surface area contributed by atoms with Crippen LogP contribution in [0.3, 0.4) is 0 Å². The molecule has 0 aromatic carbocycles. The van der Waals surface area contributed by atoms with Crippen LogP contribution in [0.2, 0.25) is 0 Å². The molecule has 0 radical (unpaired) electrons. The van der Waals surface area contributed by atoms with Crippen LogP contribution in [0.4, 0.5) is 0 Å². The summed E-state index contributed by atoms with van der Waals surface area (Å²) in [5.41, 5.74) is 2.07. The zero-order chi connectivity index (χ0) is 18.9. The fourth-order valence-electron chi connectivity index (χ4n) is 5.33. The minimum Gasteiger partial charge on any atom is -0.420 e. The molecule has 0 aliphatic heterocycles. The number of hydrogen-bond donors (Lipinski definition) is 0. The van der Waals surface area contributed by atoms with Crippen LogP contribution >= 0.6 is 0 Å². The molecule has 1 saturated carbocycles. The van der Waals surface area contributed by atoms with E-state index in [1.54, 1.807) is 11.6 Å². The molecule has 2 aliphatic carbocycles. The average Bonchev–Trinajstić information content (AvgIpc) is 3.14. The maximum absolute atomic E-state index is 12.8. The highest BCUT2D eigenvalue weighted by molar-refractivity contribution is 5.90. The van der Waals surface area contributed by atoms with Gasteiger partial charge in [0.25, 0.3) is 5.89 Å². The van der Waals surface area contributed by atoms with Crippen molar-refractivity contribution < 1.29 is 9.21 Å². The second-order valence-corrected chi connectivity index (χ2v) is 8.41. The molecular formula is C19H23N5O2. The van der Waals surface area contributed by atoms with Crippen LogP contribution in [0, 0.1) is 35.5 Å². The van der Waals surface area contributed by atoms with Crippen molar-refractivity contribution in [3.8, 4) is 17.7 Å². The molecule has 0 bridgehead atoms. The highest BCUT2D eigenvalue weighted by Gasteiger charge is 2.58. The first-order valence-electron chi connectivity index (χ1n) is 9.01. The molecule has 7 heteroatoms. The lowest BCUT2D eigenvalue weighted by atomic mass is 9.49. The maximum Gasteiger partial charge on any atom is 0.266 e. The van der Waals surface area contributed by atoms with Gasteiger partial charge in [-0.15, -0.1) is 10.2 Å². The van der Waals surface area contributed by atoms with E-state index in [1.807, 2.05) is 20.9 Å². The Kier molecular flexibility index (Phi) is 3.43. The summed E-state index contributed by atoms with van der Waals surface area (Å²) in [5.74, 6) is 0.627. The number of aromatic nitrogens is 4. The predicted octanol–water partition coefficient (Wildman–Crippen LogP) is 2.74. The number of hydrogen-bond acceptors (Lipinski definition) is 6. The van der Waals surface area contributed by atoms with Crippen molar-refractivity contribution in [2.24, 2.45) is 24.3 Å². The lowest BCUT2D eigenvalue weighted by Gasteiger charge is -2.52. The summed E-state index contributed by atoms with van der Waals surface area (Å²) in [5, 5.41) is 22.5. The van der Waals surface area contributed by atoms with Gasteiger partial charge in [-0.3, -0.25) is 9.48 Å². The Morgan fingerprint density at radius 3 is 2.65 bits per heavy atom. The number of fused-ring (bicyclic) bond motifs is 3. The Morgan fingerprint density at radius 2 is 2.04 bits per heavy atom. The number of rotatable bonds is 1. The van der Waals surface area contributed by atoms with E-state index >= 15 is 0 Å². The molecule has 0 saturated heterocycles. The first-order chi connectivity index (χ1) is 12.2. The molecule has 4 rings (SSSR count). The molecule has 0 spiro atoms. The number of carbonyl (C=O) groups excluding carboxylic acids is 1. The van der Waals surface area contributed by atoms with Crippen molar-refractivity contribution in [1.29, 1.82) is 5.26 Å². The quantitative estimate of drug-likeness (QED) is 0.782. The number of nitrogens with zero attached hydrogens (tertiary/aromatic N) is 5. The fourth-order valence-corrected chi connectivity index (χ4v) is 5.33. The second-order valence-electron chi connectivity index (χ2n) is 8.41. The highest BCUT2D eigenvalue weighted by Crippen LogP contribution is 2.57. The zero-order valence-corrected chi connectivity index (χ0v) is 15.8. The van der Waals surface area contributed by atoms with E-state index in [9.17, 15) is 10.1 Å². The van der Waals surface area contributed by atoms with Gasteiger partial charge in [-0.2, -0.15) is 10.4 Å². The number of nitriles is 1. The second kappa shape index (κ2) is 5.26. The number of Topliss-reactive ketones (excluding diaryl/α,β-unsaturated/α-hetero) is 1. The third-order valence-corrected chi connectivity index (χ3v) is 6.47. The van der Waals surface area contributed by atoms with Gasteiger partial charge in [0.2, 0.25) is 5.89 Å². The maximum atomic E-state index is 12.8. The zero-order valence-electron chi connectivity index (χ0n) is 15.8. The van der Waals surface area contributed by atoms with Crippen LogP contribution in [0.25, 0.3) is 11.6 Å². The largest absolute Gasteiger partial charge is 0.420 e. The molecule has 0 amide bonds. The summed E-state index contributed by atoms with van der Waals surface area (Å²) >= 11 is 0. The van der Waals surface area contributed by atoms with E-state index in [1.165, 1.54) is 0 Å². The van der Waals surface area contributed by atoms with Crippen molar-refractivity contribution in [3.05, 3.63) is 17.1 Å². The number of ketones is 1. The van der Waals surface area contributed by atoms with Crippen LogP contribution in [0.1, 0.15) is 50.8 Å². The Balaban J connectivity index is 1.89. The van der Waals surface area contributed by atoms with E-state index in [-0.39, 0.29) is 17.1 Å². The Labute approximate surface area is 152 Å². The van der Waals surface area contributed by atoms with Crippen LogP contribution in [-0.4, -0.2) is 25.8 Å². The summed E-state index contributed by atoms with van der Waals surface area (Å²) in [6, 6.07) is 2.23. The van der Waals surface area contributed by atoms with E-state index in [0.29, 0.717) is 18.2 Å². The SMILES string of the molecule is Cc1nnc(-c2c3c(nn2C)[C@@]2(C)CC(C#N)C(=O)C(C)(C)[C@@H]2CC3)o1. The van der Waals surface area contributed by atoms with Crippen LogP contribution in [-0.2, 0) is 23.7 Å². The monoisotopic (exact) mass is 353 g/mol. The van der Waals surface area contributed by atoms with Gasteiger partial charge in [-0.1, -0.05) is 20.8 Å². The molecule has 7 nitrogen and oxygen atoms in total. The molecule has 26 heavy (non-hydrogen) atoms. The van der Waals surface area contributed by atoms with Crippen molar-refractivity contribution in [3.63, 3.8) is 0 Å². The standard InChI is InChI=1S/C19H23N5O2/c1-10-21-22-17(26-10)14-12-6-7-13-18(2,3)16(25)11(9-20)8-19(13,4)15(12)23-24(14)5/h11,13H,6-8H2,1-5H3/t11?,13-,19-/m0/s1.